The van der Waals surface area contributed by atoms with E-state index >= 15 is 0 Å². The van der Waals surface area contributed by atoms with Gasteiger partial charge in [-0.15, -0.1) is 0 Å². The highest BCUT2D eigenvalue weighted by molar-refractivity contribution is 6.08. The molecule has 1 unspecified atom stereocenters. The molecule has 5 heteroatoms. The number of carbonyl (C=O) groups is 2. The average molecular weight is 268 g/mol. The van der Waals surface area contributed by atoms with Crippen LogP contribution in [0.15, 0.2) is 18.2 Å². The molecule has 1 rings (SSSR count). The molecule has 0 aromatic heterocycles. The molecule has 0 heterocycles. The third kappa shape index (κ3) is 3.53. The number of rotatable bonds is 6. The molecule has 1 aromatic rings. The molecule has 0 bridgehead atoms. The van der Waals surface area contributed by atoms with Crippen LogP contribution in [0.4, 0.5) is 4.39 Å². The predicted octanol–water partition coefficient (Wildman–Crippen LogP) is 2.61. The second-order valence-electron chi connectivity index (χ2n) is 3.93. The molecular formula is C14H17FO4. The molecule has 0 saturated heterocycles. The molecule has 0 fully saturated rings. The summed E-state index contributed by atoms with van der Waals surface area (Å²) in [6, 6.07) is 3.77. The molecule has 0 radical (unpaired) electrons. The van der Waals surface area contributed by atoms with Crippen molar-refractivity contribution in [2.24, 2.45) is 5.92 Å². The summed E-state index contributed by atoms with van der Waals surface area (Å²) in [5.41, 5.74) is 0.234. The topological polar surface area (TPSA) is 52.6 Å². The fraction of sp³-hybridized carbons (Fsp3) is 0.429. The van der Waals surface area contributed by atoms with Crippen LogP contribution in [-0.2, 0) is 9.53 Å². The van der Waals surface area contributed by atoms with Crippen molar-refractivity contribution in [2.75, 3.05) is 13.7 Å². The second-order valence-corrected chi connectivity index (χ2v) is 3.93. The van der Waals surface area contributed by atoms with Crippen molar-refractivity contribution < 1.29 is 23.5 Å². The van der Waals surface area contributed by atoms with Gasteiger partial charge >= 0.3 is 5.97 Å². The van der Waals surface area contributed by atoms with E-state index in [0.29, 0.717) is 6.42 Å². The van der Waals surface area contributed by atoms with Gasteiger partial charge in [0.15, 0.2) is 17.3 Å². The monoisotopic (exact) mass is 268 g/mol. The normalized spacial score (nSPS) is 11.8. The lowest BCUT2D eigenvalue weighted by Crippen LogP contribution is -2.25. The maximum atomic E-state index is 13.3. The Balaban J connectivity index is 3.00. The summed E-state index contributed by atoms with van der Waals surface area (Å²) in [4.78, 5) is 23.9. The van der Waals surface area contributed by atoms with Crippen molar-refractivity contribution in [2.45, 2.75) is 20.3 Å². The third-order valence-corrected chi connectivity index (χ3v) is 2.73. The smallest absolute Gasteiger partial charge is 0.316 e. The van der Waals surface area contributed by atoms with E-state index in [-0.39, 0.29) is 23.7 Å². The molecule has 0 N–H and O–H groups in total. The molecule has 104 valence electrons. The van der Waals surface area contributed by atoms with Gasteiger partial charge in [-0.25, -0.2) is 4.39 Å². The fourth-order valence-corrected chi connectivity index (χ4v) is 1.72. The number of esters is 1. The minimum absolute atomic E-state index is 0.0236. The van der Waals surface area contributed by atoms with Crippen molar-refractivity contribution in [1.82, 2.24) is 0 Å². The van der Waals surface area contributed by atoms with E-state index in [9.17, 15) is 14.0 Å². The van der Waals surface area contributed by atoms with Gasteiger partial charge in [0, 0.05) is 5.56 Å². The Kier molecular flexibility index (Phi) is 5.48. The first kappa shape index (κ1) is 15.1. The number of ketones is 1. The van der Waals surface area contributed by atoms with Crippen LogP contribution in [0.25, 0.3) is 0 Å². The van der Waals surface area contributed by atoms with Gasteiger partial charge in [-0.2, -0.15) is 0 Å². The van der Waals surface area contributed by atoms with Gasteiger partial charge in [0.25, 0.3) is 0 Å². The maximum Gasteiger partial charge on any atom is 0.316 e. The minimum Gasteiger partial charge on any atom is -0.494 e. The van der Waals surface area contributed by atoms with Crippen LogP contribution >= 0.6 is 0 Å². The molecule has 1 aromatic carbocycles. The van der Waals surface area contributed by atoms with Crippen LogP contribution in [0.1, 0.15) is 30.6 Å². The van der Waals surface area contributed by atoms with Crippen molar-refractivity contribution in [1.29, 1.82) is 0 Å². The maximum absolute atomic E-state index is 13.3. The summed E-state index contributed by atoms with van der Waals surface area (Å²) in [5, 5.41) is 0. The number of benzene rings is 1. The van der Waals surface area contributed by atoms with Gasteiger partial charge < -0.3 is 9.47 Å². The highest BCUT2D eigenvalue weighted by Gasteiger charge is 2.27. The largest absolute Gasteiger partial charge is 0.494 e. The van der Waals surface area contributed by atoms with Crippen LogP contribution in [0.3, 0.4) is 0 Å². The molecule has 0 saturated carbocycles. The van der Waals surface area contributed by atoms with E-state index in [4.69, 9.17) is 9.47 Å². The highest BCUT2D eigenvalue weighted by Crippen LogP contribution is 2.21. The van der Waals surface area contributed by atoms with Gasteiger partial charge in [-0.05, 0) is 31.5 Å². The number of Topliss-reactive ketones (excluding diaryl/α,β-unsaturated/α-hetero) is 1. The minimum atomic E-state index is -0.866. The summed E-state index contributed by atoms with van der Waals surface area (Å²) < 4.78 is 22.9. The Morgan fingerprint density at radius 3 is 2.53 bits per heavy atom. The Hall–Kier alpha value is -1.91. The lowest BCUT2D eigenvalue weighted by Gasteiger charge is -2.13. The number of methoxy groups -OCH3 is 1. The standard InChI is InChI=1S/C14H17FO4/c1-4-10(14(17)19-5-2)13(16)9-6-7-11(15)12(8-9)18-3/h6-8,10H,4-5H2,1-3H3. The van der Waals surface area contributed by atoms with Gasteiger partial charge in [-0.1, -0.05) is 6.92 Å². The number of halogens is 1. The summed E-state index contributed by atoms with van der Waals surface area (Å²) in [6.07, 6.45) is 0.331. The zero-order valence-corrected chi connectivity index (χ0v) is 11.2. The first-order chi connectivity index (χ1) is 9.04. The molecule has 0 aliphatic heterocycles. The molecule has 0 amide bonds. The predicted molar refractivity (Wildman–Crippen MR) is 67.7 cm³/mol. The van der Waals surface area contributed by atoms with Crippen LogP contribution in [0.2, 0.25) is 0 Å². The van der Waals surface area contributed by atoms with Crippen molar-refractivity contribution in [3.8, 4) is 5.75 Å². The molecule has 1 atom stereocenters. The fourth-order valence-electron chi connectivity index (χ4n) is 1.72. The molecule has 4 nitrogen and oxygen atoms in total. The summed E-state index contributed by atoms with van der Waals surface area (Å²) in [6.45, 7) is 3.62. The lowest BCUT2D eigenvalue weighted by molar-refractivity contribution is -0.146. The number of carbonyl (C=O) groups excluding carboxylic acids is 2. The SMILES string of the molecule is CCOC(=O)C(CC)C(=O)c1ccc(F)c(OC)c1. The zero-order chi connectivity index (χ0) is 14.4. The summed E-state index contributed by atoms with van der Waals surface area (Å²) in [7, 11) is 1.31. The molecular weight excluding hydrogens is 251 g/mol. The van der Waals surface area contributed by atoms with E-state index < -0.39 is 17.7 Å². The number of hydrogen-bond donors (Lipinski definition) is 0. The van der Waals surface area contributed by atoms with E-state index in [1.165, 1.54) is 19.2 Å². The van der Waals surface area contributed by atoms with Crippen LogP contribution in [0, 0.1) is 11.7 Å². The van der Waals surface area contributed by atoms with Gasteiger partial charge in [0.05, 0.1) is 13.7 Å². The first-order valence-corrected chi connectivity index (χ1v) is 6.09. The Bertz CT molecular complexity index is 471. The quantitative estimate of drug-likeness (QED) is 0.452. The molecule has 0 spiro atoms. The van der Waals surface area contributed by atoms with E-state index in [0.717, 1.165) is 6.07 Å². The van der Waals surface area contributed by atoms with Crippen molar-refractivity contribution >= 4 is 11.8 Å². The van der Waals surface area contributed by atoms with Crippen molar-refractivity contribution in [3.63, 3.8) is 0 Å². The third-order valence-electron chi connectivity index (χ3n) is 2.73. The molecule has 19 heavy (non-hydrogen) atoms. The number of hydrogen-bond acceptors (Lipinski definition) is 4. The van der Waals surface area contributed by atoms with Crippen LogP contribution in [-0.4, -0.2) is 25.5 Å². The summed E-state index contributed by atoms with van der Waals surface area (Å²) >= 11 is 0. The van der Waals surface area contributed by atoms with Crippen molar-refractivity contribution in [3.05, 3.63) is 29.6 Å². The lowest BCUT2D eigenvalue weighted by atomic mass is 9.95. The van der Waals surface area contributed by atoms with Gasteiger partial charge in [-0.3, -0.25) is 9.59 Å². The van der Waals surface area contributed by atoms with Gasteiger partial charge in [0.2, 0.25) is 0 Å². The summed E-state index contributed by atoms with van der Waals surface area (Å²) in [5.74, 6) is -2.39. The zero-order valence-electron chi connectivity index (χ0n) is 11.2. The van der Waals surface area contributed by atoms with E-state index in [1.54, 1.807) is 13.8 Å². The van der Waals surface area contributed by atoms with E-state index in [1.807, 2.05) is 0 Å². The van der Waals surface area contributed by atoms with Crippen LogP contribution < -0.4 is 4.74 Å². The highest BCUT2D eigenvalue weighted by atomic mass is 19.1. The van der Waals surface area contributed by atoms with Crippen LogP contribution in [0.5, 0.6) is 5.75 Å². The molecule has 0 aliphatic rings. The Morgan fingerprint density at radius 1 is 1.32 bits per heavy atom. The Labute approximate surface area is 111 Å². The first-order valence-electron chi connectivity index (χ1n) is 6.09. The van der Waals surface area contributed by atoms with Gasteiger partial charge in [0.1, 0.15) is 5.92 Å². The average Bonchev–Trinajstić information content (AvgIpc) is 2.40. The molecule has 0 aliphatic carbocycles. The Morgan fingerprint density at radius 2 is 2.00 bits per heavy atom. The van der Waals surface area contributed by atoms with E-state index in [2.05, 4.69) is 0 Å². The second kappa shape index (κ2) is 6.87. The number of ether oxygens (including phenoxy) is 2.